The number of hydrogen-bond acceptors (Lipinski definition) is 8. The molecule has 162 valence electrons. The zero-order chi connectivity index (χ0) is 21.0. The number of aliphatic hydroxyl groups excluding tert-OH is 2. The highest BCUT2D eigenvalue weighted by molar-refractivity contribution is 5.56. The van der Waals surface area contributed by atoms with Crippen LogP contribution in [0, 0.1) is 5.92 Å². The molecule has 2 fully saturated rings. The van der Waals surface area contributed by atoms with Crippen LogP contribution in [-0.4, -0.2) is 68.0 Å². The monoisotopic (exact) mass is 410 g/mol. The second kappa shape index (κ2) is 7.37. The number of fused-ring (bicyclic) bond motifs is 5. The van der Waals surface area contributed by atoms with Crippen molar-refractivity contribution < 1.29 is 38.6 Å². The number of rotatable bonds is 5. The molecule has 7 atom stereocenters. The molecule has 2 N–H and O–H groups in total. The summed E-state index contributed by atoms with van der Waals surface area (Å²) in [5.41, 5.74) is 1.63. The van der Waals surface area contributed by atoms with E-state index in [1.807, 2.05) is 6.07 Å². The number of methoxy groups -OCH3 is 3. The lowest BCUT2D eigenvalue weighted by molar-refractivity contribution is -0.458. The molecule has 0 amide bonds. The van der Waals surface area contributed by atoms with Gasteiger partial charge < -0.3 is 38.6 Å². The van der Waals surface area contributed by atoms with Crippen molar-refractivity contribution in [2.24, 2.45) is 5.92 Å². The first-order chi connectivity index (χ1) is 13.9. The molecule has 1 aromatic rings. The Hall–Kier alpha value is -1.42. The summed E-state index contributed by atoms with van der Waals surface area (Å²) in [7, 11) is 4.68. The molecule has 2 heterocycles. The fraction of sp³-hybridized carbons (Fsp3) is 0.714. The molecule has 0 aromatic heterocycles. The third-order valence-electron chi connectivity index (χ3n) is 6.89. The van der Waals surface area contributed by atoms with Gasteiger partial charge in [0, 0.05) is 32.3 Å². The lowest BCUT2D eigenvalue weighted by atomic mass is 9.71. The molecule has 1 aliphatic carbocycles. The van der Waals surface area contributed by atoms with Gasteiger partial charge in [-0.15, -0.1) is 0 Å². The minimum absolute atomic E-state index is 0.0378. The van der Waals surface area contributed by atoms with Crippen LogP contribution in [0.5, 0.6) is 11.5 Å². The van der Waals surface area contributed by atoms with Gasteiger partial charge in [-0.3, -0.25) is 0 Å². The lowest BCUT2D eigenvalue weighted by Gasteiger charge is -2.56. The smallest absolute Gasteiger partial charge is 0.220 e. The second-order valence-corrected chi connectivity index (χ2v) is 8.15. The predicted octanol–water partition coefficient (Wildman–Crippen LogP) is 1.55. The summed E-state index contributed by atoms with van der Waals surface area (Å²) in [5.74, 6) is -1.37. The van der Waals surface area contributed by atoms with E-state index in [1.54, 1.807) is 41.2 Å². The zero-order valence-corrected chi connectivity index (χ0v) is 17.5. The largest absolute Gasteiger partial charge is 0.493 e. The van der Waals surface area contributed by atoms with Crippen LogP contribution < -0.4 is 9.47 Å². The van der Waals surface area contributed by atoms with Gasteiger partial charge in [-0.1, -0.05) is 6.07 Å². The average molecular weight is 410 g/mol. The molecular formula is C21H30O8. The molecule has 4 rings (SSSR count). The van der Waals surface area contributed by atoms with Crippen LogP contribution in [0.4, 0.5) is 0 Å². The Labute approximate surface area is 170 Å². The van der Waals surface area contributed by atoms with Gasteiger partial charge in [-0.05, 0) is 37.8 Å². The summed E-state index contributed by atoms with van der Waals surface area (Å²) in [5, 5.41) is 20.1. The third-order valence-corrected chi connectivity index (χ3v) is 6.89. The number of hydrogen-bond donors (Lipinski definition) is 2. The van der Waals surface area contributed by atoms with E-state index >= 15 is 0 Å². The summed E-state index contributed by atoms with van der Waals surface area (Å²) in [6.45, 7) is 3.40. The SMILES string of the molecule is COc1ccc(CO)c2c1O[C@H]1[C@H]3O[C@](C)(OC)[C@@](C)(OC)O[C@@H]3C[C@H](CO)[C@@H]21. The minimum atomic E-state index is -1.15. The maximum atomic E-state index is 10.2. The maximum Gasteiger partial charge on any atom is 0.220 e. The molecule has 1 saturated heterocycles. The molecular weight excluding hydrogens is 380 g/mol. The van der Waals surface area contributed by atoms with Gasteiger partial charge in [0.2, 0.25) is 11.6 Å². The van der Waals surface area contributed by atoms with Crippen molar-refractivity contribution in [2.75, 3.05) is 27.9 Å². The van der Waals surface area contributed by atoms with Gasteiger partial charge in [0.1, 0.15) is 12.2 Å². The van der Waals surface area contributed by atoms with Gasteiger partial charge in [0.05, 0.1) is 19.8 Å². The maximum absolute atomic E-state index is 10.2. The number of ether oxygens (including phenoxy) is 6. The van der Waals surface area contributed by atoms with Crippen LogP contribution in [0.3, 0.4) is 0 Å². The average Bonchev–Trinajstić information content (AvgIpc) is 3.14. The van der Waals surface area contributed by atoms with Gasteiger partial charge in [-0.25, -0.2) is 0 Å². The van der Waals surface area contributed by atoms with E-state index in [4.69, 9.17) is 28.4 Å². The molecule has 8 nitrogen and oxygen atoms in total. The van der Waals surface area contributed by atoms with Crippen LogP contribution in [0.15, 0.2) is 12.1 Å². The van der Waals surface area contributed by atoms with E-state index in [0.717, 1.165) is 11.1 Å². The van der Waals surface area contributed by atoms with E-state index in [9.17, 15) is 10.2 Å². The molecule has 2 aliphatic heterocycles. The molecule has 8 heteroatoms. The first-order valence-corrected chi connectivity index (χ1v) is 9.90. The molecule has 3 aliphatic rings. The molecule has 29 heavy (non-hydrogen) atoms. The van der Waals surface area contributed by atoms with E-state index in [1.165, 1.54) is 0 Å². The van der Waals surface area contributed by atoms with Crippen LogP contribution in [0.25, 0.3) is 0 Å². The Balaban J connectivity index is 1.78. The van der Waals surface area contributed by atoms with Gasteiger partial charge in [0.15, 0.2) is 11.5 Å². The van der Waals surface area contributed by atoms with Gasteiger partial charge in [-0.2, -0.15) is 0 Å². The van der Waals surface area contributed by atoms with Crippen molar-refractivity contribution in [1.82, 2.24) is 0 Å². The normalized spacial score (nSPS) is 40.6. The standard InChI is InChI=1S/C21H30O8/c1-20(25-4)21(2,26-5)29-18-14(28-20)8-12(10-23)16-15-11(9-22)6-7-13(24-3)17(15)27-19(16)18/h6-7,12,14,16,18-19,22-23H,8-10H2,1-5H3/t12-,14-,16+,18+,19-,20+,21+/m1/s1. The second-order valence-electron chi connectivity index (χ2n) is 8.15. The molecule has 0 spiro atoms. The first kappa shape index (κ1) is 20.8. The predicted molar refractivity (Wildman–Crippen MR) is 102 cm³/mol. The van der Waals surface area contributed by atoms with Crippen molar-refractivity contribution in [2.45, 2.75) is 62.7 Å². The highest BCUT2D eigenvalue weighted by atomic mass is 16.8. The van der Waals surface area contributed by atoms with Crippen LogP contribution in [0.1, 0.15) is 37.3 Å². The number of benzene rings is 1. The van der Waals surface area contributed by atoms with Crippen molar-refractivity contribution in [1.29, 1.82) is 0 Å². The zero-order valence-electron chi connectivity index (χ0n) is 17.5. The summed E-state index contributed by atoms with van der Waals surface area (Å²) in [6.07, 6.45) is -0.649. The summed E-state index contributed by atoms with van der Waals surface area (Å²) in [4.78, 5) is 0. The van der Waals surface area contributed by atoms with Crippen molar-refractivity contribution >= 4 is 0 Å². The van der Waals surface area contributed by atoms with Crippen LogP contribution in [-0.2, 0) is 25.6 Å². The van der Waals surface area contributed by atoms with Crippen LogP contribution >= 0.6 is 0 Å². The Kier molecular flexibility index (Phi) is 5.30. The van der Waals surface area contributed by atoms with E-state index in [0.29, 0.717) is 17.9 Å². The topological polar surface area (TPSA) is 95.8 Å². The van der Waals surface area contributed by atoms with Gasteiger partial charge in [0.25, 0.3) is 0 Å². The fourth-order valence-corrected chi connectivity index (χ4v) is 5.02. The van der Waals surface area contributed by atoms with Gasteiger partial charge >= 0.3 is 0 Å². The van der Waals surface area contributed by atoms with Crippen LogP contribution in [0.2, 0.25) is 0 Å². The van der Waals surface area contributed by atoms with Crippen molar-refractivity contribution in [3.8, 4) is 11.5 Å². The first-order valence-electron chi connectivity index (χ1n) is 9.90. The molecule has 0 radical (unpaired) electrons. The fourth-order valence-electron chi connectivity index (χ4n) is 5.02. The molecule has 1 aromatic carbocycles. The van der Waals surface area contributed by atoms with E-state index in [2.05, 4.69) is 0 Å². The Morgan fingerprint density at radius 2 is 1.72 bits per heavy atom. The molecule has 0 bridgehead atoms. The van der Waals surface area contributed by atoms with E-state index in [-0.39, 0.29) is 31.2 Å². The summed E-state index contributed by atoms with van der Waals surface area (Å²) in [6, 6.07) is 3.62. The molecule has 0 unspecified atom stereocenters. The Bertz CT molecular complexity index is 769. The minimum Gasteiger partial charge on any atom is -0.493 e. The van der Waals surface area contributed by atoms with E-state index < -0.39 is 23.8 Å². The Morgan fingerprint density at radius 3 is 2.31 bits per heavy atom. The highest BCUT2D eigenvalue weighted by Gasteiger charge is 2.63. The quantitative estimate of drug-likeness (QED) is 0.755. The van der Waals surface area contributed by atoms with Crippen molar-refractivity contribution in [3.63, 3.8) is 0 Å². The summed E-state index contributed by atoms with van der Waals surface area (Å²) >= 11 is 0. The Morgan fingerprint density at radius 1 is 1.03 bits per heavy atom. The lowest BCUT2D eigenvalue weighted by Crippen LogP contribution is -2.69. The summed E-state index contributed by atoms with van der Waals surface area (Å²) < 4.78 is 35.9. The third kappa shape index (κ3) is 2.89. The van der Waals surface area contributed by atoms with Crippen molar-refractivity contribution in [3.05, 3.63) is 23.3 Å². The number of aliphatic hydroxyl groups is 2. The molecule has 1 saturated carbocycles. The highest BCUT2D eigenvalue weighted by Crippen LogP contribution is 2.56.